The minimum Gasteiger partial charge on any atom is -0.438 e. The zero-order valence-corrected chi connectivity index (χ0v) is 19.7. The molecule has 0 fully saturated rings. The number of hydrogen-bond donors (Lipinski definition) is 1. The maximum absolute atomic E-state index is 13.4. The van der Waals surface area contributed by atoms with E-state index in [9.17, 15) is 14.9 Å². The van der Waals surface area contributed by atoms with Gasteiger partial charge >= 0.3 is 0 Å². The smallest absolute Gasteiger partial charge is 0.269 e. The van der Waals surface area contributed by atoms with Gasteiger partial charge in [-0.1, -0.05) is 42.8 Å². The zero-order valence-electron chi connectivity index (χ0n) is 19.7. The average molecular weight is 465 g/mol. The number of rotatable bonds is 6. The number of anilines is 1. The predicted molar refractivity (Wildman–Crippen MR) is 135 cm³/mol. The second-order valence-electron chi connectivity index (χ2n) is 8.11. The molecule has 7 heteroatoms. The number of nitrogens with one attached hydrogen (secondary N) is 1. The van der Waals surface area contributed by atoms with Crippen LogP contribution in [0.25, 0.3) is 11.7 Å². The van der Waals surface area contributed by atoms with Crippen molar-refractivity contribution in [1.82, 2.24) is 9.38 Å². The summed E-state index contributed by atoms with van der Waals surface area (Å²) in [6, 6.07) is 20.1. The summed E-state index contributed by atoms with van der Waals surface area (Å²) in [5, 5.41) is 12.4. The van der Waals surface area contributed by atoms with E-state index in [-0.39, 0.29) is 17.0 Å². The minimum atomic E-state index is -0.636. The van der Waals surface area contributed by atoms with Gasteiger partial charge in [0, 0.05) is 11.9 Å². The fraction of sp³-hybridized carbons (Fsp3) is 0.143. The molecule has 0 aliphatic carbocycles. The molecule has 0 aliphatic rings. The number of benzene rings is 2. The van der Waals surface area contributed by atoms with Crippen LogP contribution in [0.5, 0.6) is 11.6 Å². The lowest BCUT2D eigenvalue weighted by Crippen LogP contribution is -2.20. The Morgan fingerprint density at radius 2 is 1.83 bits per heavy atom. The van der Waals surface area contributed by atoms with Crippen LogP contribution in [0.1, 0.15) is 29.2 Å². The number of carbonyl (C=O) groups is 1. The molecule has 0 saturated carbocycles. The number of carbonyl (C=O) groups excluding carboxylic acids is 1. The molecule has 2 aromatic carbocycles. The lowest BCUT2D eigenvalue weighted by molar-refractivity contribution is -0.112. The summed E-state index contributed by atoms with van der Waals surface area (Å²) < 4.78 is 7.38. The van der Waals surface area contributed by atoms with Gasteiger partial charge in [0.1, 0.15) is 28.6 Å². The number of amides is 1. The second kappa shape index (κ2) is 10.1. The van der Waals surface area contributed by atoms with E-state index < -0.39 is 11.5 Å². The number of hydrogen-bond acceptors (Lipinski definition) is 5. The molecule has 4 rings (SSSR count). The standard InChI is InChI=1S/C28H24N4O3/c1-4-20-9-13-23(14-10-20)35-27-24(28(34)32-15-5-6-19(3)25(32)31-27)16-21(17-29)26(33)30-22-11-7-18(2)8-12-22/h5-16H,4H2,1-3H3,(H,30,33). The topological polar surface area (TPSA) is 96.5 Å². The molecule has 7 nitrogen and oxygen atoms in total. The summed E-state index contributed by atoms with van der Waals surface area (Å²) in [7, 11) is 0. The molecule has 0 saturated heterocycles. The third kappa shape index (κ3) is 5.12. The van der Waals surface area contributed by atoms with Gasteiger partial charge < -0.3 is 10.1 Å². The minimum absolute atomic E-state index is 0.00303. The Bertz CT molecular complexity index is 1530. The first-order valence-electron chi connectivity index (χ1n) is 11.2. The molecule has 0 bridgehead atoms. The molecule has 0 aliphatic heterocycles. The van der Waals surface area contributed by atoms with E-state index in [0.29, 0.717) is 17.1 Å². The Hall–Kier alpha value is -4.70. The number of pyridine rings is 1. The van der Waals surface area contributed by atoms with E-state index in [4.69, 9.17) is 4.74 Å². The van der Waals surface area contributed by atoms with E-state index >= 15 is 0 Å². The highest BCUT2D eigenvalue weighted by atomic mass is 16.5. The number of aryl methyl sites for hydroxylation is 3. The van der Waals surface area contributed by atoms with Crippen LogP contribution in [0.15, 0.2) is 77.2 Å². The van der Waals surface area contributed by atoms with Crippen LogP contribution in [-0.2, 0) is 11.2 Å². The largest absolute Gasteiger partial charge is 0.438 e. The van der Waals surface area contributed by atoms with Gasteiger partial charge in [-0.3, -0.25) is 14.0 Å². The number of ether oxygens (including phenoxy) is 1. The van der Waals surface area contributed by atoms with Crippen LogP contribution in [0, 0.1) is 25.2 Å². The third-order valence-electron chi connectivity index (χ3n) is 5.56. The summed E-state index contributed by atoms with van der Waals surface area (Å²) in [5.74, 6) is -0.128. The Kier molecular flexibility index (Phi) is 6.74. The number of aromatic nitrogens is 2. The van der Waals surface area contributed by atoms with Gasteiger partial charge in [-0.15, -0.1) is 0 Å². The zero-order chi connectivity index (χ0) is 24.9. The first-order valence-corrected chi connectivity index (χ1v) is 11.2. The fourth-order valence-electron chi connectivity index (χ4n) is 3.53. The predicted octanol–water partition coefficient (Wildman–Crippen LogP) is 5.21. The Balaban J connectivity index is 1.80. The van der Waals surface area contributed by atoms with Crippen molar-refractivity contribution in [2.45, 2.75) is 27.2 Å². The highest BCUT2D eigenvalue weighted by Gasteiger charge is 2.18. The molecule has 0 unspecified atom stereocenters. The van der Waals surface area contributed by atoms with Gasteiger partial charge in [-0.25, -0.2) is 0 Å². The van der Waals surface area contributed by atoms with Gasteiger partial charge in [-0.05, 0) is 67.8 Å². The molecule has 0 radical (unpaired) electrons. The number of nitriles is 1. The van der Waals surface area contributed by atoms with E-state index in [1.54, 1.807) is 36.5 Å². The molecule has 2 aromatic heterocycles. The lowest BCUT2D eigenvalue weighted by Gasteiger charge is -2.12. The van der Waals surface area contributed by atoms with Crippen molar-refractivity contribution in [3.8, 4) is 17.7 Å². The second-order valence-corrected chi connectivity index (χ2v) is 8.11. The van der Waals surface area contributed by atoms with E-state index in [1.165, 1.54) is 10.5 Å². The molecule has 1 N–H and O–H groups in total. The molecule has 35 heavy (non-hydrogen) atoms. The van der Waals surface area contributed by atoms with Crippen molar-refractivity contribution in [3.63, 3.8) is 0 Å². The molecule has 2 heterocycles. The maximum atomic E-state index is 13.4. The van der Waals surface area contributed by atoms with Crippen molar-refractivity contribution in [2.75, 3.05) is 5.32 Å². The summed E-state index contributed by atoms with van der Waals surface area (Å²) in [4.78, 5) is 30.8. The summed E-state index contributed by atoms with van der Waals surface area (Å²) in [6.45, 7) is 5.83. The van der Waals surface area contributed by atoms with Crippen LogP contribution in [0.3, 0.4) is 0 Å². The maximum Gasteiger partial charge on any atom is 0.269 e. The first kappa shape index (κ1) is 23.5. The van der Waals surface area contributed by atoms with E-state index in [2.05, 4.69) is 17.2 Å². The molecule has 1 amide bonds. The average Bonchev–Trinajstić information content (AvgIpc) is 2.86. The highest BCUT2D eigenvalue weighted by molar-refractivity contribution is 6.09. The highest BCUT2D eigenvalue weighted by Crippen LogP contribution is 2.25. The Labute approximate surface area is 203 Å². The van der Waals surface area contributed by atoms with Crippen molar-refractivity contribution < 1.29 is 9.53 Å². The molecule has 174 valence electrons. The summed E-state index contributed by atoms with van der Waals surface area (Å²) >= 11 is 0. The monoisotopic (exact) mass is 464 g/mol. The van der Waals surface area contributed by atoms with E-state index in [1.807, 2.05) is 50.2 Å². The Morgan fingerprint density at radius 1 is 1.11 bits per heavy atom. The van der Waals surface area contributed by atoms with E-state index in [0.717, 1.165) is 23.1 Å². The van der Waals surface area contributed by atoms with Gasteiger partial charge in [0.05, 0.1) is 0 Å². The normalized spacial score (nSPS) is 11.2. The van der Waals surface area contributed by atoms with Crippen LogP contribution >= 0.6 is 0 Å². The number of nitrogens with zero attached hydrogens (tertiary/aromatic N) is 3. The van der Waals surface area contributed by atoms with Crippen molar-refractivity contribution in [3.05, 3.63) is 105 Å². The third-order valence-corrected chi connectivity index (χ3v) is 5.56. The molecular weight excluding hydrogens is 440 g/mol. The van der Waals surface area contributed by atoms with Crippen LogP contribution < -0.4 is 15.6 Å². The summed E-state index contributed by atoms with van der Waals surface area (Å²) in [5.41, 5.74) is 3.23. The van der Waals surface area contributed by atoms with Crippen LogP contribution in [0.2, 0.25) is 0 Å². The first-order chi connectivity index (χ1) is 16.9. The van der Waals surface area contributed by atoms with Gasteiger partial charge in [0.25, 0.3) is 11.5 Å². The van der Waals surface area contributed by atoms with Crippen LogP contribution in [-0.4, -0.2) is 15.3 Å². The van der Waals surface area contributed by atoms with Crippen molar-refractivity contribution in [2.24, 2.45) is 0 Å². The molecule has 0 atom stereocenters. The molecule has 4 aromatic rings. The summed E-state index contributed by atoms with van der Waals surface area (Å²) in [6.07, 6.45) is 3.70. The molecule has 0 spiro atoms. The number of fused-ring (bicyclic) bond motifs is 1. The van der Waals surface area contributed by atoms with Gasteiger partial charge in [0.15, 0.2) is 0 Å². The van der Waals surface area contributed by atoms with Gasteiger partial charge in [-0.2, -0.15) is 10.2 Å². The fourth-order valence-corrected chi connectivity index (χ4v) is 3.53. The van der Waals surface area contributed by atoms with Gasteiger partial charge in [0.2, 0.25) is 5.88 Å². The van der Waals surface area contributed by atoms with Crippen molar-refractivity contribution in [1.29, 1.82) is 5.26 Å². The van der Waals surface area contributed by atoms with Crippen molar-refractivity contribution >= 4 is 23.3 Å². The molecular formula is C28H24N4O3. The van der Waals surface area contributed by atoms with Crippen LogP contribution in [0.4, 0.5) is 5.69 Å². The Morgan fingerprint density at radius 3 is 2.49 bits per heavy atom. The quantitative estimate of drug-likeness (QED) is 0.312. The lowest BCUT2D eigenvalue weighted by atomic mass is 10.1. The SMILES string of the molecule is CCc1ccc(Oc2nc3c(C)cccn3c(=O)c2C=C(C#N)C(=O)Nc2ccc(C)cc2)cc1.